The van der Waals surface area contributed by atoms with Crippen LogP contribution in [0.4, 0.5) is 0 Å². The summed E-state index contributed by atoms with van der Waals surface area (Å²) in [5, 5.41) is 2.88. The molecular weight excluding hydrogens is 352 g/mol. The number of fused-ring (bicyclic) bond motifs is 1. The lowest BCUT2D eigenvalue weighted by atomic mass is 9.75. The molecule has 1 aliphatic heterocycles. The number of H-pyrrole nitrogens is 1. The number of ether oxygens (including phenoxy) is 2. The van der Waals surface area contributed by atoms with Gasteiger partial charge in [0.2, 0.25) is 5.91 Å². The third-order valence-corrected chi connectivity index (χ3v) is 5.58. The maximum atomic E-state index is 12.8. The molecule has 7 heteroatoms. The fourth-order valence-corrected chi connectivity index (χ4v) is 4.09. The number of pyridine rings is 1. The highest BCUT2D eigenvalue weighted by Crippen LogP contribution is 2.43. The quantitative estimate of drug-likeness (QED) is 0.790. The molecular formula is C19H24N2O4S. The molecule has 0 aromatic carbocycles. The summed E-state index contributed by atoms with van der Waals surface area (Å²) in [6.07, 6.45) is 4.87. The van der Waals surface area contributed by atoms with Crippen molar-refractivity contribution in [3.05, 3.63) is 51.2 Å². The molecule has 2 N–H and O–H groups in total. The molecule has 1 aliphatic carbocycles. The number of aromatic amines is 1. The largest absolute Gasteiger partial charge is 0.467 e. The Hall–Kier alpha value is -1.99. The summed E-state index contributed by atoms with van der Waals surface area (Å²) in [4.78, 5) is 28.7. The predicted octanol–water partition coefficient (Wildman–Crippen LogP) is 2.63. The third kappa shape index (κ3) is 3.33. The zero-order chi connectivity index (χ0) is 19.1. The number of rotatable bonds is 4. The fraction of sp³-hybridized carbons (Fsp3) is 0.474. The maximum absolute atomic E-state index is 12.8. The van der Waals surface area contributed by atoms with Gasteiger partial charge in [0.15, 0.2) is 6.29 Å². The number of allylic oxidation sites excluding steroid dienone is 2. The highest BCUT2D eigenvalue weighted by Gasteiger charge is 2.46. The molecule has 6 nitrogen and oxygen atoms in total. The van der Waals surface area contributed by atoms with E-state index < -0.39 is 5.41 Å². The lowest BCUT2D eigenvalue weighted by Gasteiger charge is -2.34. The molecule has 0 bridgehead atoms. The number of hydrogen-bond donors (Lipinski definition) is 2. The van der Waals surface area contributed by atoms with E-state index in [1.165, 1.54) is 11.8 Å². The van der Waals surface area contributed by atoms with E-state index in [2.05, 4.69) is 10.3 Å². The molecule has 1 fully saturated rings. The first-order valence-electron chi connectivity index (χ1n) is 8.53. The van der Waals surface area contributed by atoms with Gasteiger partial charge in [0.05, 0.1) is 0 Å². The van der Waals surface area contributed by atoms with E-state index in [1.807, 2.05) is 40.0 Å². The van der Waals surface area contributed by atoms with E-state index in [0.29, 0.717) is 11.1 Å². The minimum Gasteiger partial charge on any atom is -0.467 e. The van der Waals surface area contributed by atoms with Gasteiger partial charge in [-0.25, -0.2) is 0 Å². The van der Waals surface area contributed by atoms with Gasteiger partial charge in [-0.1, -0.05) is 13.8 Å². The van der Waals surface area contributed by atoms with Crippen LogP contribution in [0.25, 0.3) is 0 Å². The first-order chi connectivity index (χ1) is 12.2. The third-order valence-electron chi connectivity index (χ3n) is 4.77. The van der Waals surface area contributed by atoms with Gasteiger partial charge in [-0.3, -0.25) is 9.59 Å². The van der Waals surface area contributed by atoms with E-state index in [0.717, 1.165) is 16.3 Å². The molecule has 140 valence electrons. The molecule has 1 saturated heterocycles. The molecule has 0 spiro atoms. The molecule has 26 heavy (non-hydrogen) atoms. The van der Waals surface area contributed by atoms with E-state index in [1.54, 1.807) is 12.2 Å². The predicted molar refractivity (Wildman–Crippen MR) is 101 cm³/mol. The lowest BCUT2D eigenvalue weighted by molar-refractivity contribution is -0.120. The number of thioether (sulfide) groups is 1. The van der Waals surface area contributed by atoms with Crippen molar-refractivity contribution in [2.75, 3.05) is 6.26 Å². The molecule has 1 aromatic heterocycles. The fourth-order valence-electron chi connectivity index (χ4n) is 3.38. The standard InChI is InChI=1S/C19H24N2O4S/c1-10-8-15(26-5)12(17(22)21-10)9-20-18(23)13-6-7-14-16(19(13,3)4)25-11(2)24-14/h6-8,11,16H,9H2,1-5H3,(H,20,23)(H,21,22). The van der Waals surface area contributed by atoms with Gasteiger partial charge >= 0.3 is 0 Å². The van der Waals surface area contributed by atoms with Crippen molar-refractivity contribution >= 4 is 17.7 Å². The van der Waals surface area contributed by atoms with E-state index in [-0.39, 0.29) is 30.4 Å². The van der Waals surface area contributed by atoms with Crippen molar-refractivity contribution in [3.8, 4) is 0 Å². The van der Waals surface area contributed by atoms with Crippen LogP contribution in [0.5, 0.6) is 0 Å². The Labute approximate surface area is 157 Å². The minimum atomic E-state index is -0.527. The Balaban J connectivity index is 1.79. The molecule has 0 saturated carbocycles. The van der Waals surface area contributed by atoms with E-state index in [4.69, 9.17) is 9.47 Å². The molecule has 2 atom stereocenters. The second-order valence-corrected chi connectivity index (χ2v) is 7.93. The van der Waals surface area contributed by atoms with Gasteiger partial charge in [-0.2, -0.15) is 0 Å². The second kappa shape index (κ2) is 6.96. The van der Waals surface area contributed by atoms with Gasteiger partial charge in [0.1, 0.15) is 11.9 Å². The average Bonchev–Trinajstić information content (AvgIpc) is 2.95. The molecule has 2 heterocycles. The van der Waals surface area contributed by atoms with Crippen LogP contribution >= 0.6 is 11.8 Å². The Morgan fingerprint density at radius 2 is 2.12 bits per heavy atom. The molecule has 2 unspecified atom stereocenters. The van der Waals surface area contributed by atoms with Crippen LogP contribution in [-0.2, 0) is 20.8 Å². The number of carbonyl (C=O) groups excluding carboxylic acids is 1. The van der Waals surface area contributed by atoms with Crippen molar-refractivity contribution < 1.29 is 14.3 Å². The molecule has 0 radical (unpaired) electrons. The summed E-state index contributed by atoms with van der Waals surface area (Å²) in [7, 11) is 0. The van der Waals surface area contributed by atoms with Crippen molar-refractivity contribution in [2.24, 2.45) is 5.41 Å². The summed E-state index contributed by atoms with van der Waals surface area (Å²) < 4.78 is 11.5. The lowest BCUT2D eigenvalue weighted by Crippen LogP contribution is -2.41. The molecule has 1 amide bonds. The summed E-state index contributed by atoms with van der Waals surface area (Å²) in [5.74, 6) is 0.541. The Kier molecular flexibility index (Phi) is 5.03. The first-order valence-corrected chi connectivity index (χ1v) is 9.76. The molecule has 1 aromatic rings. The van der Waals surface area contributed by atoms with Gasteiger partial charge < -0.3 is 19.8 Å². The maximum Gasteiger partial charge on any atom is 0.254 e. The minimum absolute atomic E-state index is 0.171. The zero-order valence-corrected chi connectivity index (χ0v) is 16.5. The van der Waals surface area contributed by atoms with Crippen LogP contribution in [0.15, 0.2) is 39.2 Å². The van der Waals surface area contributed by atoms with Crippen LogP contribution < -0.4 is 10.9 Å². The van der Waals surface area contributed by atoms with Crippen molar-refractivity contribution in [1.29, 1.82) is 0 Å². The van der Waals surface area contributed by atoms with Crippen molar-refractivity contribution in [3.63, 3.8) is 0 Å². The average molecular weight is 376 g/mol. The monoisotopic (exact) mass is 376 g/mol. The van der Waals surface area contributed by atoms with E-state index in [9.17, 15) is 9.59 Å². The van der Waals surface area contributed by atoms with Gasteiger partial charge in [0.25, 0.3) is 5.56 Å². The van der Waals surface area contributed by atoms with Crippen LogP contribution in [0.3, 0.4) is 0 Å². The number of carbonyl (C=O) groups is 1. The summed E-state index contributed by atoms with van der Waals surface area (Å²) in [5.41, 5.74) is 1.28. The smallest absolute Gasteiger partial charge is 0.254 e. The van der Waals surface area contributed by atoms with Gasteiger partial charge in [-0.05, 0) is 38.3 Å². The van der Waals surface area contributed by atoms with Gasteiger partial charge in [-0.15, -0.1) is 11.8 Å². The van der Waals surface area contributed by atoms with Crippen LogP contribution in [0.2, 0.25) is 0 Å². The number of amides is 1. The van der Waals surface area contributed by atoms with Crippen LogP contribution in [0.1, 0.15) is 32.0 Å². The van der Waals surface area contributed by atoms with Crippen LogP contribution in [-0.4, -0.2) is 29.5 Å². The number of aromatic nitrogens is 1. The number of nitrogens with one attached hydrogen (secondary N) is 2. The Morgan fingerprint density at radius 1 is 1.38 bits per heavy atom. The number of aryl methyl sites for hydroxylation is 1. The Morgan fingerprint density at radius 3 is 2.81 bits per heavy atom. The van der Waals surface area contributed by atoms with Gasteiger partial charge in [0, 0.05) is 33.7 Å². The number of hydrogen-bond acceptors (Lipinski definition) is 5. The Bertz CT molecular complexity index is 854. The zero-order valence-electron chi connectivity index (χ0n) is 15.6. The topological polar surface area (TPSA) is 80.4 Å². The summed E-state index contributed by atoms with van der Waals surface area (Å²) in [6.45, 7) is 7.77. The second-order valence-electron chi connectivity index (χ2n) is 7.08. The van der Waals surface area contributed by atoms with Crippen molar-refractivity contribution in [2.45, 2.75) is 51.5 Å². The first kappa shape index (κ1) is 18.8. The molecule has 3 rings (SSSR count). The molecule has 2 aliphatic rings. The normalized spacial score (nSPS) is 23.6. The summed E-state index contributed by atoms with van der Waals surface area (Å²) in [6, 6.07) is 1.91. The summed E-state index contributed by atoms with van der Waals surface area (Å²) >= 11 is 1.49. The highest BCUT2D eigenvalue weighted by atomic mass is 32.2. The van der Waals surface area contributed by atoms with Crippen molar-refractivity contribution in [1.82, 2.24) is 10.3 Å². The SMILES string of the molecule is CSc1cc(C)[nH]c(=O)c1CNC(=O)C1=CC=C2OC(C)OC2C1(C)C. The van der Waals surface area contributed by atoms with E-state index >= 15 is 0 Å². The van der Waals surface area contributed by atoms with Crippen LogP contribution in [0, 0.1) is 12.3 Å². The highest BCUT2D eigenvalue weighted by molar-refractivity contribution is 7.98.